The van der Waals surface area contributed by atoms with E-state index in [1.807, 2.05) is 19.9 Å². The Hall–Kier alpha value is -1.82. The third-order valence-corrected chi connectivity index (χ3v) is 5.07. The van der Waals surface area contributed by atoms with Crippen molar-refractivity contribution >= 4 is 15.5 Å². The van der Waals surface area contributed by atoms with Crippen molar-refractivity contribution in [3.63, 3.8) is 0 Å². The highest BCUT2D eigenvalue weighted by atomic mass is 32.2. The van der Waals surface area contributed by atoms with Gasteiger partial charge in [0.05, 0.1) is 22.5 Å². The molecule has 2 rings (SSSR count). The summed E-state index contributed by atoms with van der Waals surface area (Å²) in [6.07, 6.45) is 2.35. The molecule has 0 amide bonds. The van der Waals surface area contributed by atoms with E-state index in [1.165, 1.54) is 0 Å². The lowest BCUT2D eigenvalue weighted by Gasteiger charge is -2.12. The molecule has 0 unspecified atom stereocenters. The smallest absolute Gasteiger partial charge is 0.180 e. The first-order chi connectivity index (χ1) is 9.54. The van der Waals surface area contributed by atoms with Crippen LogP contribution in [0.25, 0.3) is 0 Å². The molecule has 20 heavy (non-hydrogen) atoms. The van der Waals surface area contributed by atoms with Gasteiger partial charge in [-0.25, -0.2) is 8.42 Å². The van der Waals surface area contributed by atoms with E-state index in [-0.39, 0.29) is 5.75 Å². The molecule has 1 aromatic heterocycles. The molecular formula is C14H19N3O2S. The highest BCUT2D eigenvalue weighted by molar-refractivity contribution is 7.91. The Balaban J connectivity index is 2.23. The first-order valence-electron chi connectivity index (χ1n) is 6.59. The average Bonchev–Trinajstić information content (AvgIpc) is 2.82. The number of H-pyrrole nitrogens is 1. The molecule has 0 spiro atoms. The molecule has 0 aliphatic heterocycles. The van der Waals surface area contributed by atoms with E-state index < -0.39 is 9.84 Å². The van der Waals surface area contributed by atoms with Crippen LogP contribution in [-0.2, 0) is 16.4 Å². The number of benzene rings is 1. The van der Waals surface area contributed by atoms with E-state index in [2.05, 4.69) is 15.5 Å². The molecule has 0 aliphatic carbocycles. The fourth-order valence-electron chi connectivity index (χ4n) is 2.01. The summed E-state index contributed by atoms with van der Waals surface area (Å²) in [7, 11) is -3.23. The lowest BCUT2D eigenvalue weighted by Crippen LogP contribution is -2.10. The molecule has 5 nitrogen and oxygen atoms in total. The van der Waals surface area contributed by atoms with Crippen molar-refractivity contribution in [2.45, 2.75) is 31.7 Å². The van der Waals surface area contributed by atoms with E-state index in [9.17, 15) is 8.42 Å². The third-order valence-electron chi connectivity index (χ3n) is 3.10. The zero-order valence-electron chi connectivity index (χ0n) is 11.7. The lowest BCUT2D eigenvalue weighted by atomic mass is 10.2. The van der Waals surface area contributed by atoms with Gasteiger partial charge in [-0.3, -0.25) is 5.10 Å². The van der Waals surface area contributed by atoms with Crippen LogP contribution in [0.2, 0.25) is 0 Å². The van der Waals surface area contributed by atoms with Crippen LogP contribution < -0.4 is 5.32 Å². The molecule has 0 saturated heterocycles. The molecule has 6 heteroatoms. The van der Waals surface area contributed by atoms with Crippen molar-refractivity contribution < 1.29 is 8.42 Å². The van der Waals surface area contributed by atoms with E-state index >= 15 is 0 Å². The molecule has 0 bridgehead atoms. The zero-order chi connectivity index (χ0) is 14.6. The number of rotatable bonds is 6. The van der Waals surface area contributed by atoms with Crippen LogP contribution in [0.5, 0.6) is 0 Å². The topological polar surface area (TPSA) is 74.8 Å². The number of hydrogen-bond donors (Lipinski definition) is 2. The largest absolute Gasteiger partial charge is 0.380 e. The van der Waals surface area contributed by atoms with Crippen LogP contribution in [0, 0.1) is 6.92 Å². The molecule has 0 fully saturated rings. The molecule has 1 aromatic carbocycles. The molecule has 0 saturated carbocycles. The Bertz CT molecular complexity index is 677. The molecule has 0 radical (unpaired) electrons. The highest BCUT2D eigenvalue weighted by Crippen LogP contribution is 2.23. The normalized spacial score (nSPS) is 11.5. The van der Waals surface area contributed by atoms with Gasteiger partial charge in [0.2, 0.25) is 0 Å². The number of sulfone groups is 1. The number of nitrogens with one attached hydrogen (secondary N) is 2. The van der Waals surface area contributed by atoms with Crippen molar-refractivity contribution in [3.8, 4) is 0 Å². The SMILES string of the molecule is CCCS(=O)(=O)c1ccccc1NCc1cn[nH]c1C. The average molecular weight is 293 g/mol. The number of hydrogen-bond acceptors (Lipinski definition) is 4. The third kappa shape index (κ3) is 3.19. The Morgan fingerprint density at radius 1 is 1.30 bits per heavy atom. The van der Waals surface area contributed by atoms with Crippen LogP contribution in [0.4, 0.5) is 5.69 Å². The second-order valence-electron chi connectivity index (χ2n) is 4.69. The minimum Gasteiger partial charge on any atom is -0.380 e. The monoisotopic (exact) mass is 293 g/mol. The molecular weight excluding hydrogens is 274 g/mol. The summed E-state index contributed by atoms with van der Waals surface area (Å²) >= 11 is 0. The summed E-state index contributed by atoms with van der Waals surface area (Å²) in [5, 5.41) is 10.00. The molecule has 0 aliphatic rings. The van der Waals surface area contributed by atoms with Crippen LogP contribution in [-0.4, -0.2) is 24.4 Å². The maximum absolute atomic E-state index is 12.2. The Morgan fingerprint density at radius 3 is 2.70 bits per heavy atom. The lowest BCUT2D eigenvalue weighted by molar-refractivity contribution is 0.595. The predicted molar refractivity (Wildman–Crippen MR) is 79.4 cm³/mol. The Kier molecular flexibility index (Phi) is 4.44. The van der Waals surface area contributed by atoms with Crippen molar-refractivity contribution in [3.05, 3.63) is 41.7 Å². The predicted octanol–water partition coefficient (Wildman–Crippen LogP) is 2.51. The fourth-order valence-corrected chi connectivity index (χ4v) is 3.53. The summed E-state index contributed by atoms with van der Waals surface area (Å²) in [6.45, 7) is 4.34. The van der Waals surface area contributed by atoms with Crippen molar-refractivity contribution in [2.75, 3.05) is 11.1 Å². The van der Waals surface area contributed by atoms with Crippen LogP contribution >= 0.6 is 0 Å². The maximum atomic E-state index is 12.2. The van der Waals surface area contributed by atoms with Crippen molar-refractivity contribution in [1.82, 2.24) is 10.2 Å². The molecule has 2 N–H and O–H groups in total. The highest BCUT2D eigenvalue weighted by Gasteiger charge is 2.17. The standard InChI is InChI=1S/C14H19N3O2S/c1-3-8-20(18,19)14-7-5-4-6-13(14)15-9-12-10-16-17-11(12)2/h4-7,10,15H,3,8-9H2,1-2H3,(H,16,17). The Labute approximate surface area is 119 Å². The minimum atomic E-state index is -3.23. The van der Waals surface area contributed by atoms with Gasteiger partial charge in [0.1, 0.15) is 0 Å². The molecule has 108 valence electrons. The number of nitrogens with zero attached hydrogens (tertiary/aromatic N) is 1. The van der Waals surface area contributed by atoms with Gasteiger partial charge in [-0.1, -0.05) is 19.1 Å². The van der Waals surface area contributed by atoms with Crippen molar-refractivity contribution in [2.24, 2.45) is 0 Å². The molecule has 2 aromatic rings. The number of aromatic amines is 1. The van der Waals surface area contributed by atoms with Crippen molar-refractivity contribution in [1.29, 1.82) is 0 Å². The van der Waals surface area contributed by atoms with Gasteiger partial charge in [0.15, 0.2) is 9.84 Å². The summed E-state index contributed by atoms with van der Waals surface area (Å²) in [4.78, 5) is 0.364. The van der Waals surface area contributed by atoms with Crippen LogP contribution in [0.15, 0.2) is 35.4 Å². The summed E-state index contributed by atoms with van der Waals surface area (Å²) < 4.78 is 24.4. The van der Waals surface area contributed by atoms with Gasteiger partial charge >= 0.3 is 0 Å². The number of aromatic nitrogens is 2. The minimum absolute atomic E-state index is 0.163. The molecule has 1 heterocycles. The number of para-hydroxylation sites is 1. The van der Waals surface area contributed by atoms with E-state index in [0.29, 0.717) is 23.5 Å². The summed E-state index contributed by atoms with van der Waals surface area (Å²) in [5.41, 5.74) is 2.64. The fraction of sp³-hybridized carbons (Fsp3) is 0.357. The van der Waals surface area contributed by atoms with E-state index in [0.717, 1.165) is 11.3 Å². The van der Waals surface area contributed by atoms with Gasteiger partial charge in [0.25, 0.3) is 0 Å². The van der Waals surface area contributed by atoms with Gasteiger partial charge in [-0.2, -0.15) is 5.10 Å². The molecule has 0 atom stereocenters. The summed E-state index contributed by atoms with van der Waals surface area (Å²) in [6, 6.07) is 7.01. The maximum Gasteiger partial charge on any atom is 0.180 e. The first-order valence-corrected chi connectivity index (χ1v) is 8.24. The second-order valence-corrected chi connectivity index (χ2v) is 6.77. The van der Waals surface area contributed by atoms with E-state index in [4.69, 9.17) is 0 Å². The number of aryl methyl sites for hydroxylation is 1. The summed E-state index contributed by atoms with van der Waals surface area (Å²) in [5.74, 6) is 0.163. The van der Waals surface area contributed by atoms with Gasteiger partial charge in [-0.15, -0.1) is 0 Å². The van der Waals surface area contributed by atoms with Crippen LogP contribution in [0.3, 0.4) is 0 Å². The Morgan fingerprint density at radius 2 is 2.05 bits per heavy atom. The quantitative estimate of drug-likeness (QED) is 0.858. The van der Waals surface area contributed by atoms with Gasteiger partial charge in [0, 0.05) is 17.8 Å². The number of anilines is 1. The first kappa shape index (κ1) is 14.6. The zero-order valence-corrected chi connectivity index (χ0v) is 12.5. The van der Waals surface area contributed by atoms with E-state index in [1.54, 1.807) is 24.4 Å². The van der Waals surface area contributed by atoms with Gasteiger partial charge in [-0.05, 0) is 25.5 Å². The van der Waals surface area contributed by atoms with Gasteiger partial charge < -0.3 is 5.32 Å². The second kappa shape index (κ2) is 6.09. The van der Waals surface area contributed by atoms with Crippen LogP contribution in [0.1, 0.15) is 24.6 Å².